The minimum Gasteiger partial charge on any atom is -0.369 e. The van der Waals surface area contributed by atoms with Gasteiger partial charge in [0.2, 0.25) is 0 Å². The molecule has 0 unspecified atom stereocenters. The first-order chi connectivity index (χ1) is 17.2. The predicted molar refractivity (Wildman–Crippen MR) is 163 cm³/mol. The molecule has 0 aromatic rings. The van der Waals surface area contributed by atoms with Crippen LogP contribution in [0.25, 0.3) is 0 Å². The Hall–Kier alpha value is -0.720. The van der Waals surface area contributed by atoms with Gasteiger partial charge in [-0.3, -0.25) is 0 Å². The zero-order chi connectivity index (χ0) is 27.1. The van der Waals surface area contributed by atoms with Crippen LogP contribution in [0.4, 0.5) is 0 Å². The van der Waals surface area contributed by atoms with Crippen LogP contribution in [0.15, 0.2) is 11.4 Å². The van der Waals surface area contributed by atoms with E-state index in [1.807, 2.05) is 0 Å². The standard InChI is InChI=1S/C30H54Br2N4/c1-29(2,21-17-13-9-5-7-11-15-19-23-31)35-27(25-33)28(26-34)36-30(3,4)22-18-14-10-6-8-12-16-20-24-32/h35-36H,5-24H2,1-4H3/b28-27-. The van der Waals surface area contributed by atoms with Gasteiger partial charge in [0.1, 0.15) is 23.5 Å². The SMILES string of the molecule is CC(C)(CCCCCCCCCCBr)N/C(C#N)=C(/C#N)NC(C)(C)CCCCCCCCCCBr. The molecule has 36 heavy (non-hydrogen) atoms. The summed E-state index contributed by atoms with van der Waals surface area (Å²) in [5, 5.41) is 28.6. The van der Waals surface area contributed by atoms with E-state index in [9.17, 15) is 10.5 Å². The summed E-state index contributed by atoms with van der Waals surface area (Å²) in [6.07, 6.45) is 22.4. The highest BCUT2D eigenvalue weighted by Gasteiger charge is 2.24. The molecule has 0 rings (SSSR count). The second-order valence-electron chi connectivity index (χ2n) is 11.5. The van der Waals surface area contributed by atoms with Gasteiger partial charge in [0.15, 0.2) is 0 Å². The third-order valence-electron chi connectivity index (χ3n) is 6.77. The van der Waals surface area contributed by atoms with E-state index >= 15 is 0 Å². The van der Waals surface area contributed by atoms with Crippen molar-refractivity contribution in [3.8, 4) is 12.1 Å². The molecule has 0 atom stereocenters. The van der Waals surface area contributed by atoms with Gasteiger partial charge >= 0.3 is 0 Å². The van der Waals surface area contributed by atoms with Crippen LogP contribution in [0.5, 0.6) is 0 Å². The maximum Gasteiger partial charge on any atom is 0.148 e. The first-order valence-electron chi connectivity index (χ1n) is 14.4. The van der Waals surface area contributed by atoms with Crippen LogP contribution < -0.4 is 10.6 Å². The Morgan fingerprint density at radius 2 is 0.750 bits per heavy atom. The zero-order valence-electron chi connectivity index (χ0n) is 23.8. The van der Waals surface area contributed by atoms with Crippen LogP contribution in [-0.4, -0.2) is 21.7 Å². The van der Waals surface area contributed by atoms with Crippen molar-refractivity contribution in [2.45, 2.75) is 154 Å². The third-order valence-corrected chi connectivity index (χ3v) is 7.89. The number of unbranched alkanes of at least 4 members (excludes halogenated alkanes) is 14. The minimum atomic E-state index is -0.219. The number of alkyl halides is 2. The number of halogens is 2. The molecule has 0 spiro atoms. The van der Waals surface area contributed by atoms with E-state index in [2.05, 4.69) is 82.3 Å². The van der Waals surface area contributed by atoms with Gasteiger partial charge in [0.05, 0.1) is 0 Å². The predicted octanol–water partition coefficient (Wildman–Crippen LogP) is 9.79. The van der Waals surface area contributed by atoms with E-state index < -0.39 is 0 Å². The Morgan fingerprint density at radius 3 is 1.00 bits per heavy atom. The number of nitrogens with zero attached hydrogens (tertiary/aromatic N) is 2. The van der Waals surface area contributed by atoms with Crippen LogP contribution in [0.3, 0.4) is 0 Å². The van der Waals surface area contributed by atoms with E-state index in [0.29, 0.717) is 11.4 Å². The van der Waals surface area contributed by atoms with Crippen LogP contribution in [-0.2, 0) is 0 Å². The molecule has 0 radical (unpaired) electrons. The number of hydrogen-bond acceptors (Lipinski definition) is 4. The monoisotopic (exact) mass is 628 g/mol. The molecule has 0 saturated carbocycles. The van der Waals surface area contributed by atoms with Crippen molar-refractivity contribution in [1.29, 1.82) is 10.5 Å². The molecule has 4 nitrogen and oxygen atoms in total. The Bertz CT molecular complexity index is 603. The fourth-order valence-electron chi connectivity index (χ4n) is 4.54. The van der Waals surface area contributed by atoms with Gasteiger partial charge in [-0.1, -0.05) is 122 Å². The highest BCUT2D eigenvalue weighted by atomic mass is 79.9. The fraction of sp³-hybridized carbons (Fsp3) is 0.867. The second kappa shape index (κ2) is 22.3. The summed E-state index contributed by atoms with van der Waals surface area (Å²) in [5.41, 5.74) is 0.295. The summed E-state index contributed by atoms with van der Waals surface area (Å²) in [6, 6.07) is 4.50. The van der Waals surface area contributed by atoms with Crippen LogP contribution in [0, 0.1) is 22.7 Å². The molecule has 0 bridgehead atoms. The van der Waals surface area contributed by atoms with Gasteiger partial charge in [-0.2, -0.15) is 10.5 Å². The van der Waals surface area contributed by atoms with Crippen LogP contribution >= 0.6 is 31.9 Å². The summed E-state index contributed by atoms with van der Waals surface area (Å²) < 4.78 is 0. The highest BCUT2D eigenvalue weighted by Crippen LogP contribution is 2.21. The maximum atomic E-state index is 9.80. The van der Waals surface area contributed by atoms with Crippen molar-refractivity contribution >= 4 is 31.9 Å². The smallest absolute Gasteiger partial charge is 0.148 e. The van der Waals surface area contributed by atoms with Crippen molar-refractivity contribution < 1.29 is 0 Å². The number of allylic oxidation sites excluding steroid dienone is 2. The maximum absolute atomic E-state index is 9.80. The molecule has 0 aromatic heterocycles. The summed E-state index contributed by atoms with van der Waals surface area (Å²) in [7, 11) is 0. The summed E-state index contributed by atoms with van der Waals surface area (Å²) in [5.74, 6) is 0. The third kappa shape index (κ3) is 20.4. The topological polar surface area (TPSA) is 71.6 Å². The Morgan fingerprint density at radius 1 is 0.500 bits per heavy atom. The number of nitriles is 2. The lowest BCUT2D eigenvalue weighted by Crippen LogP contribution is -2.43. The van der Waals surface area contributed by atoms with E-state index in [1.165, 1.54) is 89.9 Å². The molecular formula is C30H54Br2N4. The van der Waals surface area contributed by atoms with Crippen LogP contribution in [0.1, 0.15) is 143 Å². The molecule has 0 aliphatic heterocycles. The molecule has 6 heteroatoms. The minimum absolute atomic E-state index is 0.219. The van der Waals surface area contributed by atoms with Gasteiger partial charge in [-0.15, -0.1) is 0 Å². The van der Waals surface area contributed by atoms with Crippen molar-refractivity contribution in [2.75, 3.05) is 10.7 Å². The quantitative estimate of drug-likeness (QED) is 0.0633. The average Bonchev–Trinajstić information content (AvgIpc) is 2.84. The second-order valence-corrected chi connectivity index (χ2v) is 13.1. The molecule has 0 fully saturated rings. The largest absolute Gasteiger partial charge is 0.369 e. The van der Waals surface area contributed by atoms with E-state index in [0.717, 1.165) is 36.3 Å². The Balaban J connectivity index is 4.44. The number of hydrogen-bond donors (Lipinski definition) is 2. The van der Waals surface area contributed by atoms with E-state index in [-0.39, 0.29) is 11.1 Å². The highest BCUT2D eigenvalue weighted by molar-refractivity contribution is 9.09. The molecular weight excluding hydrogens is 576 g/mol. The van der Waals surface area contributed by atoms with Gasteiger partial charge in [0, 0.05) is 21.7 Å². The summed E-state index contributed by atoms with van der Waals surface area (Å²) >= 11 is 6.99. The molecule has 0 heterocycles. The van der Waals surface area contributed by atoms with Crippen molar-refractivity contribution in [1.82, 2.24) is 10.6 Å². The van der Waals surface area contributed by atoms with E-state index in [4.69, 9.17) is 0 Å². The molecule has 208 valence electrons. The molecule has 0 amide bonds. The average molecular weight is 631 g/mol. The molecule has 0 aliphatic rings. The number of nitrogens with one attached hydrogen (secondary N) is 2. The number of rotatable bonds is 24. The lowest BCUT2D eigenvalue weighted by Gasteiger charge is -2.30. The first kappa shape index (κ1) is 35.3. The molecule has 0 aromatic carbocycles. The Kier molecular flexibility index (Phi) is 21.8. The van der Waals surface area contributed by atoms with Gasteiger partial charge in [-0.05, 0) is 53.4 Å². The van der Waals surface area contributed by atoms with Crippen molar-refractivity contribution in [2.24, 2.45) is 0 Å². The zero-order valence-corrected chi connectivity index (χ0v) is 27.0. The molecule has 0 saturated heterocycles. The summed E-state index contributed by atoms with van der Waals surface area (Å²) in [6.45, 7) is 8.52. The van der Waals surface area contributed by atoms with Crippen LogP contribution in [0.2, 0.25) is 0 Å². The first-order valence-corrected chi connectivity index (χ1v) is 16.7. The molecule has 2 N–H and O–H groups in total. The van der Waals surface area contributed by atoms with Gasteiger partial charge < -0.3 is 10.6 Å². The van der Waals surface area contributed by atoms with E-state index in [1.54, 1.807) is 0 Å². The lowest BCUT2D eigenvalue weighted by molar-refractivity contribution is 0.364. The van der Waals surface area contributed by atoms with Crippen molar-refractivity contribution in [3.05, 3.63) is 11.4 Å². The molecule has 0 aliphatic carbocycles. The summed E-state index contributed by atoms with van der Waals surface area (Å²) in [4.78, 5) is 0. The normalized spacial score (nSPS) is 12.6. The van der Waals surface area contributed by atoms with Gasteiger partial charge in [0.25, 0.3) is 0 Å². The lowest BCUT2D eigenvalue weighted by atomic mass is 9.94. The Labute approximate surface area is 240 Å². The van der Waals surface area contributed by atoms with Crippen molar-refractivity contribution in [3.63, 3.8) is 0 Å². The fourth-order valence-corrected chi connectivity index (χ4v) is 5.33. The van der Waals surface area contributed by atoms with Gasteiger partial charge in [-0.25, -0.2) is 0 Å².